The first-order chi connectivity index (χ1) is 20.5. The maximum absolute atomic E-state index is 13.2. The van der Waals surface area contributed by atoms with Gasteiger partial charge in [-0.1, -0.05) is 54.6 Å². The van der Waals surface area contributed by atoms with E-state index in [4.69, 9.17) is 0 Å². The fourth-order valence-corrected chi connectivity index (χ4v) is 7.01. The van der Waals surface area contributed by atoms with Crippen LogP contribution >= 0.6 is 0 Å². The first kappa shape index (κ1) is 27.7. The molecule has 0 aliphatic rings. The van der Waals surface area contributed by atoms with Gasteiger partial charge in [0.2, 0.25) is 5.82 Å². The summed E-state index contributed by atoms with van der Waals surface area (Å²) in [6, 6.07) is 33.5. The highest BCUT2D eigenvalue weighted by Gasteiger charge is 2.18. The molecule has 2 N–H and O–H groups in total. The van der Waals surface area contributed by atoms with Crippen molar-refractivity contribution in [3.8, 4) is 22.5 Å². The van der Waals surface area contributed by atoms with E-state index in [1.807, 2.05) is 84.9 Å². The smallest absolute Gasteiger partial charge is 0.336 e. The number of rotatable bonds is 9. The van der Waals surface area contributed by atoms with Gasteiger partial charge in [0.05, 0.1) is 5.56 Å². The van der Waals surface area contributed by atoms with E-state index in [0.29, 0.717) is 21.9 Å². The molecule has 0 fully saturated rings. The normalized spacial score (nSPS) is 12.7. The van der Waals surface area contributed by atoms with Crippen LogP contribution in [0.5, 0.6) is 0 Å². The van der Waals surface area contributed by atoms with Crippen LogP contribution in [-0.4, -0.2) is 40.8 Å². The predicted molar refractivity (Wildman–Crippen MR) is 163 cm³/mol. The number of carboxylic acids is 1. The molecule has 10 heteroatoms. The zero-order valence-electron chi connectivity index (χ0n) is 22.1. The molecule has 0 radical (unpaired) electrons. The summed E-state index contributed by atoms with van der Waals surface area (Å²) in [4.78, 5) is 13.0. The second kappa shape index (κ2) is 12.2. The number of benzene rings is 5. The molecular weight excluding hydrogens is 569 g/mol. The molecule has 0 aliphatic heterocycles. The van der Waals surface area contributed by atoms with Crippen LogP contribution in [0.15, 0.2) is 119 Å². The number of tetrazole rings is 1. The van der Waals surface area contributed by atoms with Crippen LogP contribution in [0.2, 0.25) is 0 Å². The number of hydrogen-bond acceptors (Lipinski definition) is 6. The number of H-pyrrole nitrogens is 1. The molecule has 1 aromatic heterocycles. The summed E-state index contributed by atoms with van der Waals surface area (Å²) in [5.41, 5.74) is 4.81. The third-order valence-electron chi connectivity index (χ3n) is 6.95. The Bertz CT molecular complexity index is 1830. The van der Waals surface area contributed by atoms with Crippen molar-refractivity contribution < 1.29 is 19.0 Å². The Kier molecular flexibility index (Phi) is 8.02. The largest absolute Gasteiger partial charge is 0.611 e. The lowest BCUT2D eigenvalue weighted by Crippen LogP contribution is -2.07. The standard InChI is InChI=1S/C32H24N4O4S2/c37-32(38)30-18-13-25(28-3-1-2-4-29(28)30)20-42(40)27-14-9-23(10-15-27)22-7-5-21(6-8-22)19-41(39)26-16-11-24(12-17-26)31-33-35-36-34-31/h1-18H,19-20H2,(H,37,38)(H,33,34,35,36). The van der Waals surface area contributed by atoms with Gasteiger partial charge in [0, 0.05) is 16.7 Å². The molecule has 0 saturated carbocycles. The Labute approximate surface area is 247 Å². The van der Waals surface area contributed by atoms with Gasteiger partial charge in [0.25, 0.3) is 0 Å². The fourth-order valence-electron chi connectivity index (χ4n) is 4.77. The van der Waals surface area contributed by atoms with Crippen LogP contribution in [-0.2, 0) is 33.9 Å². The number of nitrogens with one attached hydrogen (secondary N) is 1. The predicted octanol–water partition coefficient (Wildman–Crippen LogP) is 6.00. The minimum atomic E-state index is -1.30. The highest BCUT2D eigenvalue weighted by Crippen LogP contribution is 2.28. The average Bonchev–Trinajstić information content (AvgIpc) is 3.57. The molecule has 0 bridgehead atoms. The van der Waals surface area contributed by atoms with Gasteiger partial charge in [-0.3, -0.25) is 0 Å². The lowest BCUT2D eigenvalue weighted by Gasteiger charge is -2.14. The van der Waals surface area contributed by atoms with Crippen molar-refractivity contribution in [3.05, 3.63) is 126 Å². The molecule has 0 aliphatic carbocycles. The zero-order chi connectivity index (χ0) is 29.1. The summed E-state index contributed by atoms with van der Waals surface area (Å²) in [7, 11) is 0. The van der Waals surface area contributed by atoms with Crippen molar-refractivity contribution in [1.29, 1.82) is 0 Å². The van der Waals surface area contributed by atoms with Crippen LogP contribution in [0.4, 0.5) is 0 Å². The summed E-state index contributed by atoms with van der Waals surface area (Å²) in [5, 5.41) is 24.8. The van der Waals surface area contributed by atoms with Crippen LogP contribution in [0.25, 0.3) is 33.3 Å². The van der Waals surface area contributed by atoms with Gasteiger partial charge in [0.15, 0.2) is 9.79 Å². The van der Waals surface area contributed by atoms with E-state index in [1.54, 1.807) is 24.3 Å². The summed E-state index contributed by atoms with van der Waals surface area (Å²) in [6.07, 6.45) is 0. The molecular formula is C32H24N4O4S2. The van der Waals surface area contributed by atoms with Crippen LogP contribution in [0.3, 0.4) is 0 Å². The van der Waals surface area contributed by atoms with E-state index in [1.165, 1.54) is 0 Å². The minimum absolute atomic E-state index is 0.234. The Balaban J connectivity index is 1.11. The Hall–Kier alpha value is -4.48. The summed E-state index contributed by atoms with van der Waals surface area (Å²) < 4.78 is 26.1. The zero-order valence-corrected chi connectivity index (χ0v) is 23.8. The van der Waals surface area contributed by atoms with Crippen molar-refractivity contribution in [3.63, 3.8) is 0 Å². The molecule has 8 nitrogen and oxygen atoms in total. The van der Waals surface area contributed by atoms with Gasteiger partial charge in [-0.2, -0.15) is 5.21 Å². The number of hydrogen-bond donors (Lipinski definition) is 2. The highest BCUT2D eigenvalue weighted by atomic mass is 32.2. The van der Waals surface area contributed by atoms with Crippen molar-refractivity contribution in [1.82, 2.24) is 20.6 Å². The third-order valence-corrected chi connectivity index (χ3v) is 9.72. The second-order valence-electron chi connectivity index (χ2n) is 9.58. The molecule has 0 saturated heterocycles. The van der Waals surface area contributed by atoms with E-state index in [-0.39, 0.29) is 11.3 Å². The Morgan fingerprint density at radius 3 is 1.86 bits per heavy atom. The minimum Gasteiger partial charge on any atom is -0.611 e. The average molecular weight is 593 g/mol. The number of carboxylic acid groups (broad SMARTS) is 1. The first-order valence-electron chi connectivity index (χ1n) is 13.0. The monoisotopic (exact) mass is 592 g/mol. The number of carbonyl (C=O) groups is 1. The number of aromatic carboxylic acids is 1. The molecule has 208 valence electrons. The van der Waals surface area contributed by atoms with Gasteiger partial charge in [-0.05, 0) is 104 Å². The SMILES string of the molecule is O=C(O)c1ccc(C[S+]([O-])c2ccc(-c3ccc(C[S+]([O-])c4ccc(-c5nn[nH]n5)cc4)cc3)cc2)c2ccccc12. The number of nitrogens with zero attached hydrogens (tertiary/aromatic N) is 3. The maximum atomic E-state index is 13.2. The summed E-state index contributed by atoms with van der Waals surface area (Å²) >= 11 is -2.51. The van der Waals surface area contributed by atoms with E-state index in [0.717, 1.165) is 38.1 Å². The summed E-state index contributed by atoms with van der Waals surface area (Å²) in [6.45, 7) is 0. The van der Waals surface area contributed by atoms with Gasteiger partial charge in [0.1, 0.15) is 11.5 Å². The van der Waals surface area contributed by atoms with Gasteiger partial charge >= 0.3 is 5.97 Å². The molecule has 6 aromatic rings. The van der Waals surface area contributed by atoms with Crippen molar-refractivity contribution in [2.75, 3.05) is 0 Å². The van der Waals surface area contributed by atoms with E-state index < -0.39 is 28.3 Å². The lowest BCUT2D eigenvalue weighted by atomic mass is 10.0. The van der Waals surface area contributed by atoms with Gasteiger partial charge < -0.3 is 14.2 Å². The van der Waals surface area contributed by atoms with Crippen molar-refractivity contribution >= 4 is 39.1 Å². The molecule has 1 heterocycles. The third kappa shape index (κ3) is 5.93. The molecule has 5 aromatic carbocycles. The van der Waals surface area contributed by atoms with E-state index >= 15 is 0 Å². The fraction of sp³-hybridized carbons (Fsp3) is 0.0625. The van der Waals surface area contributed by atoms with Crippen LogP contribution in [0, 0.1) is 0 Å². The molecule has 0 spiro atoms. The Morgan fingerprint density at radius 2 is 1.26 bits per heavy atom. The first-order valence-corrected chi connectivity index (χ1v) is 15.6. The lowest BCUT2D eigenvalue weighted by molar-refractivity contribution is 0.0699. The van der Waals surface area contributed by atoms with Crippen molar-refractivity contribution in [2.45, 2.75) is 21.3 Å². The number of fused-ring (bicyclic) bond motifs is 1. The topological polar surface area (TPSA) is 138 Å². The summed E-state index contributed by atoms with van der Waals surface area (Å²) in [5.74, 6) is 0.180. The maximum Gasteiger partial charge on any atom is 0.336 e. The van der Waals surface area contributed by atoms with E-state index in [2.05, 4.69) is 20.6 Å². The Morgan fingerprint density at radius 1 is 0.690 bits per heavy atom. The quantitative estimate of drug-likeness (QED) is 0.196. The highest BCUT2D eigenvalue weighted by molar-refractivity contribution is 7.91. The number of aromatic amines is 1. The van der Waals surface area contributed by atoms with E-state index in [9.17, 15) is 19.0 Å². The van der Waals surface area contributed by atoms with Crippen LogP contribution < -0.4 is 0 Å². The molecule has 42 heavy (non-hydrogen) atoms. The van der Waals surface area contributed by atoms with Crippen LogP contribution in [0.1, 0.15) is 21.5 Å². The van der Waals surface area contributed by atoms with Gasteiger partial charge in [-0.15, -0.1) is 10.2 Å². The molecule has 2 unspecified atom stereocenters. The van der Waals surface area contributed by atoms with Crippen molar-refractivity contribution in [2.24, 2.45) is 0 Å². The van der Waals surface area contributed by atoms with Gasteiger partial charge in [-0.25, -0.2) is 4.79 Å². The molecule has 6 rings (SSSR count). The molecule has 2 atom stereocenters. The number of aromatic nitrogens is 4. The second-order valence-corrected chi connectivity index (χ2v) is 12.5. The molecule has 0 amide bonds.